The maximum Gasteiger partial charge on any atom is 0.138 e. The van der Waals surface area contributed by atoms with Gasteiger partial charge < -0.3 is 10.2 Å². The summed E-state index contributed by atoms with van der Waals surface area (Å²) in [6, 6.07) is 0. The van der Waals surface area contributed by atoms with Gasteiger partial charge in [-0.2, -0.15) is 0 Å². The van der Waals surface area contributed by atoms with E-state index in [4.69, 9.17) is 0 Å². The summed E-state index contributed by atoms with van der Waals surface area (Å²) < 4.78 is 11.9. The van der Waals surface area contributed by atoms with Crippen LogP contribution in [0.3, 0.4) is 0 Å². The molecule has 0 aromatic rings. The minimum atomic E-state index is -0.605. The van der Waals surface area contributed by atoms with E-state index in [1.54, 1.807) is 0 Å². The SMILES string of the molecule is C=C(C)C1CCC2(NCCN3CCS(=O)CC3)CCC3(C)C(CCC4C(C)CCC(=O)C(C)(C)CCCC43C)C12. The first-order valence-electron chi connectivity index (χ1n) is 16.8. The van der Waals surface area contributed by atoms with Crippen molar-refractivity contribution in [2.24, 2.45) is 45.8 Å². The van der Waals surface area contributed by atoms with Crippen LogP contribution in [0.1, 0.15) is 112 Å². The van der Waals surface area contributed by atoms with Crippen LogP contribution in [0.4, 0.5) is 0 Å². The summed E-state index contributed by atoms with van der Waals surface area (Å²) in [7, 11) is -0.605. The number of Topliss-reactive ketones (excluding diaryl/α,β-unsaturated/α-hetero) is 1. The Labute approximate surface area is 248 Å². The summed E-state index contributed by atoms with van der Waals surface area (Å²) in [5.41, 5.74) is 2.13. The number of ketones is 1. The van der Waals surface area contributed by atoms with Gasteiger partial charge in [0.2, 0.25) is 0 Å². The van der Waals surface area contributed by atoms with Crippen LogP contribution in [-0.4, -0.2) is 58.1 Å². The highest BCUT2D eigenvalue weighted by Gasteiger charge is 2.66. The zero-order valence-electron chi connectivity index (χ0n) is 26.8. The Morgan fingerprint density at radius 2 is 1.62 bits per heavy atom. The minimum absolute atomic E-state index is 0.177. The van der Waals surface area contributed by atoms with Gasteiger partial charge in [0.15, 0.2) is 0 Å². The number of hydrogen-bond acceptors (Lipinski definition) is 4. The van der Waals surface area contributed by atoms with E-state index in [0.29, 0.717) is 34.4 Å². The zero-order valence-corrected chi connectivity index (χ0v) is 27.6. The van der Waals surface area contributed by atoms with Gasteiger partial charge in [0.25, 0.3) is 0 Å². The summed E-state index contributed by atoms with van der Waals surface area (Å²) in [4.78, 5) is 15.6. The van der Waals surface area contributed by atoms with Gasteiger partial charge in [-0.15, -0.1) is 0 Å². The number of allylic oxidation sites excluding steroid dienone is 1. The van der Waals surface area contributed by atoms with Gasteiger partial charge in [0.05, 0.1) is 0 Å². The lowest BCUT2D eigenvalue weighted by molar-refractivity contribution is -0.169. The van der Waals surface area contributed by atoms with Gasteiger partial charge >= 0.3 is 0 Å². The maximum absolute atomic E-state index is 13.1. The summed E-state index contributed by atoms with van der Waals surface area (Å²) in [6.45, 7) is 23.3. The Balaban J connectivity index is 1.40. The molecule has 228 valence electrons. The van der Waals surface area contributed by atoms with Gasteiger partial charge in [-0.05, 0) is 105 Å². The molecule has 5 fully saturated rings. The molecule has 4 nitrogen and oxygen atoms in total. The van der Waals surface area contributed by atoms with Crippen LogP contribution in [0.5, 0.6) is 0 Å². The van der Waals surface area contributed by atoms with E-state index in [9.17, 15) is 9.00 Å². The first-order chi connectivity index (χ1) is 18.8. The molecule has 1 heterocycles. The fraction of sp³-hybridized carbons (Fsp3) is 0.914. The molecule has 0 amide bonds. The zero-order chi connectivity index (χ0) is 28.9. The highest BCUT2D eigenvalue weighted by molar-refractivity contribution is 7.85. The second-order valence-corrected chi connectivity index (χ2v) is 17.8. The van der Waals surface area contributed by atoms with E-state index in [1.165, 1.54) is 56.9 Å². The van der Waals surface area contributed by atoms with E-state index in [-0.39, 0.29) is 11.0 Å². The maximum atomic E-state index is 13.1. The van der Waals surface area contributed by atoms with E-state index in [0.717, 1.165) is 68.8 Å². The van der Waals surface area contributed by atoms with E-state index >= 15 is 0 Å². The molecular weight excluding hydrogens is 512 g/mol. The predicted molar refractivity (Wildman–Crippen MR) is 169 cm³/mol. The molecule has 0 spiro atoms. The molecule has 0 aromatic carbocycles. The molecule has 1 aliphatic heterocycles. The molecule has 5 aliphatic rings. The van der Waals surface area contributed by atoms with Gasteiger partial charge in [-0.1, -0.05) is 53.2 Å². The van der Waals surface area contributed by atoms with Crippen molar-refractivity contribution in [3.05, 3.63) is 12.2 Å². The number of nitrogens with zero attached hydrogens (tertiary/aromatic N) is 1. The van der Waals surface area contributed by atoms with Crippen molar-refractivity contribution in [3.8, 4) is 0 Å². The second-order valence-electron chi connectivity index (χ2n) is 16.1. The van der Waals surface area contributed by atoms with E-state index < -0.39 is 10.8 Å². The van der Waals surface area contributed by atoms with Crippen molar-refractivity contribution in [2.45, 2.75) is 118 Å². The molecule has 0 radical (unpaired) electrons. The lowest BCUT2D eigenvalue weighted by atomic mass is 9.39. The molecule has 40 heavy (non-hydrogen) atoms. The average Bonchev–Trinajstić information content (AvgIpc) is 3.28. The Morgan fingerprint density at radius 3 is 2.33 bits per heavy atom. The van der Waals surface area contributed by atoms with Crippen LogP contribution >= 0.6 is 0 Å². The third kappa shape index (κ3) is 5.36. The highest BCUT2D eigenvalue weighted by atomic mass is 32.2. The van der Waals surface area contributed by atoms with Crippen LogP contribution in [0.2, 0.25) is 0 Å². The van der Waals surface area contributed by atoms with Crippen LogP contribution in [0, 0.1) is 45.8 Å². The lowest BCUT2D eigenvalue weighted by Crippen LogP contribution is -2.65. The molecule has 8 unspecified atom stereocenters. The van der Waals surface area contributed by atoms with Crippen LogP contribution in [0.25, 0.3) is 0 Å². The Bertz CT molecular complexity index is 984. The number of carbonyl (C=O) groups excluding carboxylic acids is 1. The quantitative estimate of drug-likeness (QED) is 0.360. The van der Waals surface area contributed by atoms with Gasteiger partial charge in [-0.3, -0.25) is 9.00 Å². The second kappa shape index (κ2) is 11.5. The molecule has 5 heteroatoms. The normalized spacial score (nSPS) is 44.9. The predicted octanol–water partition coefficient (Wildman–Crippen LogP) is 7.01. The molecule has 1 saturated heterocycles. The Kier molecular flexibility index (Phi) is 8.91. The summed E-state index contributed by atoms with van der Waals surface area (Å²) in [5.74, 6) is 5.56. The molecule has 8 atom stereocenters. The van der Waals surface area contributed by atoms with Crippen molar-refractivity contribution < 1.29 is 9.00 Å². The average molecular weight is 573 g/mol. The van der Waals surface area contributed by atoms with Gasteiger partial charge in [0.1, 0.15) is 5.78 Å². The molecule has 1 N–H and O–H groups in total. The van der Waals surface area contributed by atoms with Gasteiger partial charge in [-0.25, -0.2) is 0 Å². The minimum Gasteiger partial charge on any atom is -0.310 e. The fourth-order valence-electron chi connectivity index (χ4n) is 11.0. The molecular formula is C35H60N2O2S. The monoisotopic (exact) mass is 572 g/mol. The number of fused-ring (bicyclic) bond motifs is 5. The summed E-state index contributed by atoms with van der Waals surface area (Å²) >= 11 is 0. The lowest BCUT2D eigenvalue weighted by Gasteiger charge is -2.67. The van der Waals surface area contributed by atoms with Crippen LogP contribution in [-0.2, 0) is 15.6 Å². The van der Waals surface area contributed by atoms with E-state index in [2.05, 4.69) is 58.3 Å². The van der Waals surface area contributed by atoms with Gasteiger partial charge in [0, 0.05) is 65.9 Å². The standard InChI is InChI=1S/C35H60N2O2S/c1-25(2)27-13-16-35(36-19-20-37-21-23-40(39)24-22-37)18-17-34(7)29(31(27)35)11-10-28-26(3)9-12-30(38)32(4,5)14-8-15-33(28,34)6/h26-29,31,36H,1,8-24H2,2-7H3. The van der Waals surface area contributed by atoms with Crippen molar-refractivity contribution in [2.75, 3.05) is 37.7 Å². The Morgan fingerprint density at radius 1 is 0.950 bits per heavy atom. The first-order valence-corrected chi connectivity index (χ1v) is 18.3. The van der Waals surface area contributed by atoms with Crippen molar-refractivity contribution >= 4 is 16.6 Å². The molecule has 4 saturated carbocycles. The third-order valence-electron chi connectivity index (χ3n) is 13.8. The largest absolute Gasteiger partial charge is 0.310 e. The van der Waals surface area contributed by atoms with Crippen molar-refractivity contribution in [1.29, 1.82) is 0 Å². The third-order valence-corrected chi connectivity index (χ3v) is 15.1. The van der Waals surface area contributed by atoms with Crippen LogP contribution in [0.15, 0.2) is 12.2 Å². The summed E-state index contributed by atoms with van der Waals surface area (Å²) in [5, 5.41) is 4.24. The van der Waals surface area contributed by atoms with Crippen molar-refractivity contribution in [1.82, 2.24) is 10.2 Å². The fourth-order valence-corrected chi connectivity index (χ4v) is 12.1. The number of carbonyl (C=O) groups is 1. The van der Waals surface area contributed by atoms with Crippen molar-refractivity contribution in [3.63, 3.8) is 0 Å². The smallest absolute Gasteiger partial charge is 0.138 e. The van der Waals surface area contributed by atoms with Crippen LogP contribution < -0.4 is 5.32 Å². The highest BCUT2D eigenvalue weighted by Crippen LogP contribution is 2.71. The number of rotatable bonds is 5. The molecule has 0 aromatic heterocycles. The number of hydrogen-bond donors (Lipinski definition) is 1. The molecule has 0 bridgehead atoms. The Hall–Kier alpha value is -0.520. The summed E-state index contributed by atoms with van der Waals surface area (Å²) in [6.07, 6.45) is 13.2. The van der Waals surface area contributed by atoms with E-state index in [1.807, 2.05) is 0 Å². The first kappa shape index (κ1) is 30.9. The molecule has 5 rings (SSSR count). The number of nitrogens with one attached hydrogen (secondary N) is 1. The molecule has 4 aliphatic carbocycles. The topological polar surface area (TPSA) is 49.4 Å².